The van der Waals surface area contributed by atoms with Crippen LogP contribution in [0.3, 0.4) is 0 Å². The van der Waals surface area contributed by atoms with Crippen LogP contribution in [-0.2, 0) is 0 Å². The Labute approximate surface area is 208 Å². The summed E-state index contributed by atoms with van der Waals surface area (Å²) in [6.45, 7) is 1.84. The molecule has 5 rings (SSSR count). The van der Waals surface area contributed by atoms with Gasteiger partial charge in [-0.3, -0.25) is 9.36 Å². The van der Waals surface area contributed by atoms with Gasteiger partial charge in [-0.1, -0.05) is 60.7 Å². The van der Waals surface area contributed by atoms with Crippen molar-refractivity contribution >= 4 is 34.3 Å². The van der Waals surface area contributed by atoms with Crippen molar-refractivity contribution in [2.75, 3.05) is 10.6 Å². The molecule has 0 spiro atoms. The van der Waals surface area contributed by atoms with Crippen molar-refractivity contribution in [2.45, 2.75) is 13.3 Å². The molecule has 0 atom stereocenters. The average molecular weight is 476 g/mol. The molecule has 0 unspecified atom stereocenters. The maximum Gasteiger partial charge on any atom is 0.323 e. The van der Waals surface area contributed by atoms with Crippen LogP contribution < -0.4 is 21.4 Å². The zero-order chi connectivity index (χ0) is 24.9. The molecule has 0 fully saturated rings. The Balaban J connectivity index is 1.62. The van der Waals surface area contributed by atoms with Crippen LogP contribution in [0.2, 0.25) is 0 Å². The van der Waals surface area contributed by atoms with E-state index in [1.807, 2.05) is 103 Å². The van der Waals surface area contributed by atoms with Crippen molar-refractivity contribution in [2.24, 2.45) is 0 Å². The molecule has 2 amide bonds. The number of nitrogens with zero attached hydrogens (tertiary/aromatic N) is 2. The van der Waals surface area contributed by atoms with Gasteiger partial charge in [-0.2, -0.15) is 0 Å². The number of fused-ring (bicyclic) bond motifs is 1. The Morgan fingerprint density at radius 3 is 2.44 bits per heavy atom. The third kappa shape index (κ3) is 4.95. The molecule has 36 heavy (non-hydrogen) atoms. The van der Waals surface area contributed by atoms with Crippen molar-refractivity contribution in [3.63, 3.8) is 0 Å². The molecule has 0 saturated carbocycles. The van der Waals surface area contributed by atoms with Gasteiger partial charge in [0.25, 0.3) is 0 Å². The number of amides is 2. The van der Waals surface area contributed by atoms with Gasteiger partial charge in [-0.05, 0) is 43.3 Å². The summed E-state index contributed by atoms with van der Waals surface area (Å²) >= 11 is 0. The van der Waals surface area contributed by atoms with Gasteiger partial charge >= 0.3 is 6.03 Å². The fourth-order valence-electron chi connectivity index (χ4n) is 4.10. The van der Waals surface area contributed by atoms with Gasteiger partial charge in [0, 0.05) is 35.3 Å². The lowest BCUT2D eigenvalue weighted by atomic mass is 10.2. The summed E-state index contributed by atoms with van der Waals surface area (Å²) < 4.78 is 1.89. The van der Waals surface area contributed by atoms with Crippen LogP contribution in [0.15, 0.2) is 114 Å². The molecule has 7 heteroatoms. The number of aromatic nitrogens is 2. The summed E-state index contributed by atoms with van der Waals surface area (Å²) in [4.78, 5) is 31.0. The Hall–Kier alpha value is -4.91. The first-order chi connectivity index (χ1) is 17.6. The Morgan fingerprint density at radius 2 is 1.67 bits per heavy atom. The molecule has 0 saturated heterocycles. The maximum atomic E-state index is 13.4. The lowest BCUT2D eigenvalue weighted by Crippen LogP contribution is -2.28. The van der Waals surface area contributed by atoms with Gasteiger partial charge in [0.05, 0.1) is 11.1 Å². The second-order valence-electron chi connectivity index (χ2n) is 8.35. The first-order valence-corrected chi connectivity index (χ1v) is 11.6. The van der Waals surface area contributed by atoms with Crippen molar-refractivity contribution in [3.8, 4) is 5.69 Å². The van der Waals surface area contributed by atoms with E-state index in [0.717, 1.165) is 17.1 Å². The van der Waals surface area contributed by atoms with Gasteiger partial charge in [-0.15, -0.1) is 0 Å². The van der Waals surface area contributed by atoms with Crippen molar-refractivity contribution in [1.82, 2.24) is 14.9 Å². The molecule has 2 heterocycles. The lowest BCUT2D eigenvalue weighted by Gasteiger charge is -2.19. The predicted octanol–water partition coefficient (Wildman–Crippen LogP) is 5.96. The van der Waals surface area contributed by atoms with E-state index in [9.17, 15) is 9.59 Å². The topological polar surface area (TPSA) is 88.0 Å². The molecule has 0 bridgehead atoms. The summed E-state index contributed by atoms with van der Waals surface area (Å²) in [6, 6.07) is 22.1. The summed E-state index contributed by atoms with van der Waals surface area (Å²) in [6.07, 6.45) is 10.1. The molecule has 1 aliphatic rings. The maximum absolute atomic E-state index is 13.4. The molecule has 2 aromatic heterocycles. The van der Waals surface area contributed by atoms with Crippen LogP contribution in [0.5, 0.6) is 0 Å². The van der Waals surface area contributed by atoms with Crippen LogP contribution in [0, 0.1) is 6.92 Å². The SMILES string of the molecule is Cc1cc(NC(=O)NC2=CC=CC=CC2)c2c(=O)cc(Nc3ccccc3)n(-c3ccccc3)c2n1. The number of allylic oxidation sites excluding steroid dienone is 5. The molecule has 1 aliphatic carbocycles. The Kier molecular flexibility index (Phi) is 6.44. The van der Waals surface area contributed by atoms with E-state index in [2.05, 4.69) is 16.0 Å². The number of pyridine rings is 2. The number of benzene rings is 2. The molecule has 7 nitrogen and oxygen atoms in total. The van der Waals surface area contributed by atoms with Crippen molar-refractivity contribution in [3.05, 3.63) is 125 Å². The zero-order valence-corrected chi connectivity index (χ0v) is 19.7. The summed E-state index contributed by atoms with van der Waals surface area (Å²) in [7, 11) is 0. The Bertz CT molecular complexity index is 1570. The minimum atomic E-state index is -0.422. The average Bonchev–Trinajstić information content (AvgIpc) is 3.13. The minimum Gasteiger partial charge on any atom is -0.341 e. The Morgan fingerprint density at radius 1 is 0.917 bits per heavy atom. The normalized spacial score (nSPS) is 12.6. The molecule has 4 aromatic rings. The zero-order valence-electron chi connectivity index (χ0n) is 19.7. The molecule has 178 valence electrons. The van der Waals surface area contributed by atoms with Gasteiger partial charge < -0.3 is 16.0 Å². The lowest BCUT2D eigenvalue weighted by molar-refractivity contribution is 0.254. The number of hydrogen-bond donors (Lipinski definition) is 3. The molecular weight excluding hydrogens is 450 g/mol. The number of anilines is 3. The number of aryl methyl sites for hydroxylation is 1. The highest BCUT2D eigenvalue weighted by molar-refractivity contribution is 6.01. The summed E-state index contributed by atoms with van der Waals surface area (Å²) in [5, 5.41) is 9.41. The largest absolute Gasteiger partial charge is 0.341 e. The third-order valence-electron chi connectivity index (χ3n) is 5.67. The van der Waals surface area contributed by atoms with Gasteiger partial charge in [0.2, 0.25) is 0 Å². The smallest absolute Gasteiger partial charge is 0.323 e. The number of hydrogen-bond acceptors (Lipinski definition) is 4. The number of rotatable bonds is 5. The van der Waals surface area contributed by atoms with E-state index in [1.165, 1.54) is 6.07 Å². The van der Waals surface area contributed by atoms with E-state index < -0.39 is 6.03 Å². The highest BCUT2D eigenvalue weighted by Gasteiger charge is 2.18. The first kappa shape index (κ1) is 22.9. The third-order valence-corrected chi connectivity index (χ3v) is 5.67. The van der Waals surface area contributed by atoms with Gasteiger partial charge in [0.1, 0.15) is 5.82 Å². The van der Waals surface area contributed by atoms with Gasteiger partial charge in [0.15, 0.2) is 11.1 Å². The van der Waals surface area contributed by atoms with E-state index in [-0.39, 0.29) is 5.43 Å². The van der Waals surface area contributed by atoms with Gasteiger partial charge in [-0.25, -0.2) is 9.78 Å². The van der Waals surface area contributed by atoms with Crippen molar-refractivity contribution < 1.29 is 4.79 Å². The second kappa shape index (κ2) is 10.1. The molecular formula is C29H25N5O2. The van der Waals surface area contributed by atoms with Crippen LogP contribution >= 0.6 is 0 Å². The van der Waals surface area contributed by atoms with E-state index in [4.69, 9.17) is 4.98 Å². The minimum absolute atomic E-state index is 0.252. The number of carbonyl (C=O) groups excluding carboxylic acids is 1. The highest BCUT2D eigenvalue weighted by atomic mass is 16.2. The molecule has 3 N–H and O–H groups in total. The number of carbonyl (C=O) groups is 1. The molecule has 0 aliphatic heterocycles. The predicted molar refractivity (Wildman–Crippen MR) is 145 cm³/mol. The standard InChI is InChI=1S/C29H25N5O2/c1-20-18-24(33-29(36)32-22-14-6-2-3-7-15-22)27-25(35)19-26(31-21-12-8-4-9-13-21)34(28(27)30-20)23-16-10-5-11-17-23/h2-14,16-19,31H,15H2,1H3,(H2,30,32,33,36). The van der Waals surface area contributed by atoms with Crippen molar-refractivity contribution in [1.29, 1.82) is 0 Å². The van der Waals surface area contributed by atoms with Crippen LogP contribution in [0.25, 0.3) is 16.7 Å². The van der Waals surface area contributed by atoms with E-state index in [0.29, 0.717) is 34.7 Å². The quantitative estimate of drug-likeness (QED) is 0.332. The van der Waals surface area contributed by atoms with Crippen LogP contribution in [0.4, 0.5) is 22.0 Å². The first-order valence-electron chi connectivity index (χ1n) is 11.6. The monoisotopic (exact) mass is 475 g/mol. The van der Waals surface area contributed by atoms with Crippen LogP contribution in [0.1, 0.15) is 12.1 Å². The highest BCUT2D eigenvalue weighted by Crippen LogP contribution is 2.28. The fraction of sp³-hybridized carbons (Fsp3) is 0.0690. The van der Waals surface area contributed by atoms with Crippen LogP contribution in [-0.4, -0.2) is 15.6 Å². The molecule has 0 radical (unpaired) electrons. The number of nitrogens with one attached hydrogen (secondary N) is 3. The number of urea groups is 1. The fourth-order valence-corrected chi connectivity index (χ4v) is 4.10. The van der Waals surface area contributed by atoms with E-state index in [1.54, 1.807) is 6.07 Å². The van der Waals surface area contributed by atoms with E-state index >= 15 is 0 Å². The summed E-state index contributed by atoms with van der Waals surface area (Å²) in [5.41, 5.74) is 3.68. The molecule has 2 aromatic carbocycles. The second-order valence-corrected chi connectivity index (χ2v) is 8.35. The summed E-state index contributed by atoms with van der Waals surface area (Å²) in [5.74, 6) is 0.570. The number of para-hydroxylation sites is 2.